The summed E-state index contributed by atoms with van der Waals surface area (Å²) in [5.74, 6) is 1.04. The second-order valence-electron chi connectivity index (χ2n) is 5.11. The smallest absolute Gasteiger partial charge is 0.138 e. The van der Waals surface area contributed by atoms with Crippen molar-refractivity contribution in [3.05, 3.63) is 30.1 Å². The molecule has 1 N–H and O–H groups in total. The second-order valence-corrected chi connectivity index (χ2v) is 6.20. The van der Waals surface area contributed by atoms with Gasteiger partial charge in [0.05, 0.1) is 12.3 Å². The molecule has 0 aliphatic heterocycles. The Morgan fingerprint density at radius 2 is 2.24 bits per heavy atom. The molecule has 6 heteroatoms. The molecule has 2 aromatic heterocycles. The van der Waals surface area contributed by atoms with Crippen molar-refractivity contribution >= 4 is 17.4 Å². The normalized spacial score (nSPS) is 11.6. The van der Waals surface area contributed by atoms with Gasteiger partial charge in [-0.15, -0.1) is 11.8 Å². The van der Waals surface area contributed by atoms with Crippen molar-refractivity contribution in [2.24, 2.45) is 0 Å². The SMILES string of the molecule is COCCNCc1c(SCCN(C)C)nc2ccccn12. The van der Waals surface area contributed by atoms with Gasteiger partial charge in [0.2, 0.25) is 0 Å². The van der Waals surface area contributed by atoms with Crippen LogP contribution in [0.5, 0.6) is 0 Å². The summed E-state index contributed by atoms with van der Waals surface area (Å²) >= 11 is 1.82. The average Bonchev–Trinajstić information content (AvgIpc) is 2.81. The van der Waals surface area contributed by atoms with Crippen LogP contribution < -0.4 is 5.32 Å². The topological polar surface area (TPSA) is 41.8 Å². The monoisotopic (exact) mass is 308 g/mol. The van der Waals surface area contributed by atoms with E-state index in [0.29, 0.717) is 0 Å². The van der Waals surface area contributed by atoms with Crippen LogP contribution in [0.1, 0.15) is 5.69 Å². The zero-order valence-electron chi connectivity index (χ0n) is 13.0. The van der Waals surface area contributed by atoms with E-state index in [9.17, 15) is 0 Å². The molecule has 2 heterocycles. The van der Waals surface area contributed by atoms with E-state index in [-0.39, 0.29) is 0 Å². The molecule has 21 heavy (non-hydrogen) atoms. The molecule has 116 valence electrons. The van der Waals surface area contributed by atoms with E-state index in [2.05, 4.69) is 41.0 Å². The number of nitrogens with one attached hydrogen (secondary N) is 1. The van der Waals surface area contributed by atoms with Gasteiger partial charge >= 0.3 is 0 Å². The van der Waals surface area contributed by atoms with Crippen LogP contribution in [-0.4, -0.2) is 60.9 Å². The fourth-order valence-corrected chi connectivity index (χ4v) is 3.15. The minimum absolute atomic E-state index is 0.722. The lowest BCUT2D eigenvalue weighted by Gasteiger charge is -2.09. The molecular weight excluding hydrogens is 284 g/mol. The lowest BCUT2D eigenvalue weighted by Crippen LogP contribution is -2.20. The van der Waals surface area contributed by atoms with Crippen molar-refractivity contribution in [3.8, 4) is 0 Å². The minimum atomic E-state index is 0.722. The Hall–Kier alpha value is -1.08. The summed E-state index contributed by atoms with van der Waals surface area (Å²) in [6.07, 6.45) is 2.08. The van der Waals surface area contributed by atoms with E-state index in [1.165, 1.54) is 5.69 Å². The molecular formula is C15H24N4OS. The second kappa shape index (κ2) is 8.38. The Bertz CT molecular complexity index is 556. The van der Waals surface area contributed by atoms with Gasteiger partial charge in [-0.3, -0.25) is 0 Å². The molecule has 2 rings (SSSR count). The van der Waals surface area contributed by atoms with Crippen molar-refractivity contribution < 1.29 is 4.74 Å². The summed E-state index contributed by atoms with van der Waals surface area (Å²) in [6.45, 7) is 3.42. The summed E-state index contributed by atoms with van der Waals surface area (Å²) in [6, 6.07) is 6.12. The number of thioether (sulfide) groups is 1. The molecule has 0 amide bonds. The highest BCUT2D eigenvalue weighted by molar-refractivity contribution is 7.99. The van der Waals surface area contributed by atoms with Crippen LogP contribution >= 0.6 is 11.8 Å². The van der Waals surface area contributed by atoms with Crippen molar-refractivity contribution in [1.29, 1.82) is 0 Å². The van der Waals surface area contributed by atoms with Crippen molar-refractivity contribution in [1.82, 2.24) is 19.6 Å². The average molecular weight is 308 g/mol. The largest absolute Gasteiger partial charge is 0.383 e. The van der Waals surface area contributed by atoms with Crippen LogP contribution in [0.15, 0.2) is 29.4 Å². The molecule has 0 aromatic carbocycles. The number of rotatable bonds is 9. The van der Waals surface area contributed by atoms with E-state index >= 15 is 0 Å². The summed E-state index contributed by atoms with van der Waals surface area (Å²) in [5.41, 5.74) is 2.24. The molecule has 0 saturated heterocycles. The van der Waals surface area contributed by atoms with E-state index in [1.54, 1.807) is 7.11 Å². The third-order valence-electron chi connectivity index (χ3n) is 3.14. The zero-order valence-corrected chi connectivity index (χ0v) is 13.8. The van der Waals surface area contributed by atoms with E-state index in [1.807, 2.05) is 23.9 Å². The third kappa shape index (κ3) is 4.71. The number of pyridine rings is 1. The molecule has 0 fully saturated rings. The first kappa shape index (κ1) is 16.3. The number of aromatic nitrogens is 2. The summed E-state index contributed by atoms with van der Waals surface area (Å²) in [5, 5.41) is 4.53. The van der Waals surface area contributed by atoms with Crippen molar-refractivity contribution in [2.75, 3.05) is 46.7 Å². The summed E-state index contributed by atoms with van der Waals surface area (Å²) in [7, 11) is 5.91. The van der Waals surface area contributed by atoms with Gasteiger partial charge in [-0.2, -0.15) is 0 Å². The molecule has 0 atom stereocenters. The highest BCUT2D eigenvalue weighted by Gasteiger charge is 2.12. The highest BCUT2D eigenvalue weighted by atomic mass is 32.2. The molecule has 2 aromatic rings. The predicted octanol–water partition coefficient (Wildman–Crippen LogP) is 1.72. The first-order chi connectivity index (χ1) is 10.2. The van der Waals surface area contributed by atoms with Crippen LogP contribution in [0.2, 0.25) is 0 Å². The van der Waals surface area contributed by atoms with Crippen LogP contribution in [0, 0.1) is 0 Å². The van der Waals surface area contributed by atoms with Crippen LogP contribution in [0.25, 0.3) is 5.65 Å². The Morgan fingerprint density at radius 1 is 1.38 bits per heavy atom. The fraction of sp³-hybridized carbons (Fsp3) is 0.533. The van der Waals surface area contributed by atoms with Crippen LogP contribution in [0.4, 0.5) is 0 Å². The molecule has 5 nitrogen and oxygen atoms in total. The quantitative estimate of drug-likeness (QED) is 0.564. The first-order valence-electron chi connectivity index (χ1n) is 7.15. The Labute approximate surface area is 130 Å². The fourth-order valence-electron chi connectivity index (χ4n) is 2.01. The van der Waals surface area contributed by atoms with Gasteiger partial charge in [0, 0.05) is 38.7 Å². The molecule has 0 aliphatic carbocycles. The summed E-state index contributed by atoms with van der Waals surface area (Å²) in [4.78, 5) is 6.94. The molecule has 0 spiro atoms. The number of fused-ring (bicyclic) bond motifs is 1. The van der Waals surface area contributed by atoms with Gasteiger partial charge in [0.15, 0.2) is 0 Å². The molecule has 0 aliphatic rings. The van der Waals surface area contributed by atoms with E-state index in [4.69, 9.17) is 9.72 Å². The van der Waals surface area contributed by atoms with Crippen LogP contribution in [0.3, 0.4) is 0 Å². The predicted molar refractivity (Wildman–Crippen MR) is 88.1 cm³/mol. The van der Waals surface area contributed by atoms with E-state index < -0.39 is 0 Å². The third-order valence-corrected chi connectivity index (χ3v) is 4.13. The first-order valence-corrected chi connectivity index (χ1v) is 8.14. The number of nitrogens with zero attached hydrogens (tertiary/aromatic N) is 3. The molecule has 0 unspecified atom stereocenters. The minimum Gasteiger partial charge on any atom is -0.383 e. The molecule has 0 saturated carbocycles. The zero-order chi connectivity index (χ0) is 15.1. The maximum atomic E-state index is 5.07. The number of hydrogen-bond donors (Lipinski definition) is 1. The number of imidazole rings is 1. The number of hydrogen-bond acceptors (Lipinski definition) is 5. The lowest BCUT2D eigenvalue weighted by molar-refractivity contribution is 0.199. The van der Waals surface area contributed by atoms with Gasteiger partial charge < -0.3 is 19.4 Å². The van der Waals surface area contributed by atoms with Gasteiger partial charge in [0.25, 0.3) is 0 Å². The van der Waals surface area contributed by atoms with Gasteiger partial charge in [-0.1, -0.05) is 6.07 Å². The Morgan fingerprint density at radius 3 is 3.00 bits per heavy atom. The van der Waals surface area contributed by atoms with Crippen molar-refractivity contribution in [3.63, 3.8) is 0 Å². The molecule has 0 bridgehead atoms. The highest BCUT2D eigenvalue weighted by Crippen LogP contribution is 2.23. The molecule has 0 radical (unpaired) electrons. The number of methoxy groups -OCH3 is 1. The Balaban J connectivity index is 2.09. The van der Waals surface area contributed by atoms with Crippen molar-refractivity contribution in [2.45, 2.75) is 11.6 Å². The van der Waals surface area contributed by atoms with Gasteiger partial charge in [-0.25, -0.2) is 4.98 Å². The van der Waals surface area contributed by atoms with Crippen LogP contribution in [-0.2, 0) is 11.3 Å². The number of ether oxygens (including phenoxy) is 1. The standard InChI is InChI=1S/C15H24N4OS/c1-18(2)9-11-21-15-13(12-16-7-10-20-3)19-8-5-4-6-14(19)17-15/h4-6,8,16H,7,9-12H2,1-3H3. The Kier molecular flexibility index (Phi) is 6.50. The van der Waals surface area contributed by atoms with Gasteiger partial charge in [0.1, 0.15) is 10.7 Å². The summed E-state index contributed by atoms with van der Waals surface area (Å²) < 4.78 is 7.24. The maximum absolute atomic E-state index is 5.07. The van der Waals surface area contributed by atoms with E-state index in [0.717, 1.165) is 42.7 Å². The van der Waals surface area contributed by atoms with Gasteiger partial charge in [-0.05, 0) is 26.2 Å². The maximum Gasteiger partial charge on any atom is 0.138 e. The lowest BCUT2D eigenvalue weighted by atomic mass is 10.4.